The normalized spacial score (nSPS) is 10.5. The third-order valence-corrected chi connectivity index (χ3v) is 3.86. The van der Waals surface area contributed by atoms with E-state index in [4.69, 9.17) is 4.43 Å². The molecule has 0 fully saturated rings. The SMILES string of the molecule is O=C(CO[Si])c1cccc(-c2ccccc2)c1-c1ccccc1. The molecule has 3 aromatic carbocycles. The van der Waals surface area contributed by atoms with Crippen molar-refractivity contribution in [3.05, 3.63) is 84.4 Å². The summed E-state index contributed by atoms with van der Waals surface area (Å²) in [7, 11) is 2.92. The summed E-state index contributed by atoms with van der Waals surface area (Å²) in [6.45, 7) is -0.00499. The van der Waals surface area contributed by atoms with Gasteiger partial charge in [-0.05, 0) is 16.7 Å². The van der Waals surface area contributed by atoms with Gasteiger partial charge in [0.15, 0.2) is 5.78 Å². The first-order valence-corrected chi connectivity index (χ1v) is 7.77. The van der Waals surface area contributed by atoms with Crippen molar-refractivity contribution in [2.24, 2.45) is 0 Å². The lowest BCUT2D eigenvalue weighted by Gasteiger charge is -2.15. The second-order valence-electron chi connectivity index (χ2n) is 5.17. The number of ketones is 1. The molecule has 0 atom stereocenters. The van der Waals surface area contributed by atoms with Crippen molar-refractivity contribution >= 4 is 16.3 Å². The van der Waals surface area contributed by atoms with Crippen LogP contribution in [-0.2, 0) is 4.43 Å². The number of hydrogen-bond donors (Lipinski definition) is 0. The number of Topliss-reactive ketones (excluding diaryl/α,β-unsaturated/α-hetero) is 1. The number of hydrogen-bond acceptors (Lipinski definition) is 2. The topological polar surface area (TPSA) is 26.3 Å². The number of rotatable bonds is 5. The quantitative estimate of drug-likeness (QED) is 0.518. The first kappa shape index (κ1) is 15.4. The second kappa shape index (κ2) is 7.18. The summed E-state index contributed by atoms with van der Waals surface area (Å²) < 4.78 is 4.85. The summed E-state index contributed by atoms with van der Waals surface area (Å²) in [5.41, 5.74) is 4.74. The summed E-state index contributed by atoms with van der Waals surface area (Å²) in [5, 5.41) is 0. The molecular weight excluding hydrogens is 300 g/mol. The highest BCUT2D eigenvalue weighted by Gasteiger charge is 2.16. The Morgan fingerprint density at radius 1 is 0.783 bits per heavy atom. The molecule has 23 heavy (non-hydrogen) atoms. The maximum absolute atomic E-state index is 12.5. The van der Waals surface area contributed by atoms with Crippen LogP contribution in [0.4, 0.5) is 0 Å². The highest BCUT2D eigenvalue weighted by Crippen LogP contribution is 2.35. The second-order valence-corrected chi connectivity index (χ2v) is 5.46. The van der Waals surface area contributed by atoms with E-state index < -0.39 is 0 Å². The zero-order chi connectivity index (χ0) is 16.1. The maximum Gasteiger partial charge on any atom is 0.246 e. The van der Waals surface area contributed by atoms with E-state index in [-0.39, 0.29) is 12.4 Å². The molecular formula is C20H15O2Si. The highest BCUT2D eigenvalue weighted by molar-refractivity contribution is 6.08. The van der Waals surface area contributed by atoms with Gasteiger partial charge in [-0.15, -0.1) is 0 Å². The molecule has 3 rings (SSSR count). The first-order valence-electron chi connectivity index (χ1n) is 7.37. The Bertz CT molecular complexity index is 798. The molecule has 0 unspecified atom stereocenters. The monoisotopic (exact) mass is 315 g/mol. The van der Waals surface area contributed by atoms with Crippen LogP contribution in [0.15, 0.2) is 78.9 Å². The molecule has 0 heterocycles. The van der Waals surface area contributed by atoms with Crippen LogP contribution in [0.1, 0.15) is 10.4 Å². The van der Waals surface area contributed by atoms with E-state index in [1.165, 1.54) is 0 Å². The Balaban J connectivity index is 2.25. The van der Waals surface area contributed by atoms with E-state index in [0.29, 0.717) is 5.56 Å². The molecule has 0 bridgehead atoms. The molecule has 0 spiro atoms. The Morgan fingerprint density at radius 3 is 2.00 bits per heavy atom. The molecule has 0 N–H and O–H groups in total. The Morgan fingerprint density at radius 2 is 1.39 bits per heavy atom. The van der Waals surface area contributed by atoms with Gasteiger partial charge >= 0.3 is 0 Å². The van der Waals surface area contributed by atoms with Crippen LogP contribution in [0.2, 0.25) is 0 Å². The lowest BCUT2D eigenvalue weighted by atomic mass is 9.89. The fraction of sp³-hybridized carbons (Fsp3) is 0.0500. The first-order chi connectivity index (χ1) is 11.3. The third-order valence-electron chi connectivity index (χ3n) is 3.72. The molecule has 0 aliphatic heterocycles. The third kappa shape index (κ3) is 3.31. The molecule has 0 amide bonds. The van der Waals surface area contributed by atoms with Gasteiger partial charge in [0.1, 0.15) is 0 Å². The lowest BCUT2D eigenvalue weighted by molar-refractivity contribution is 0.0929. The summed E-state index contributed by atoms with van der Waals surface area (Å²) in [6.07, 6.45) is 0. The van der Waals surface area contributed by atoms with Crippen molar-refractivity contribution in [2.75, 3.05) is 6.61 Å². The molecule has 0 saturated heterocycles. The fourth-order valence-corrected chi connectivity index (χ4v) is 2.83. The molecule has 111 valence electrons. The van der Waals surface area contributed by atoms with Gasteiger partial charge in [0, 0.05) is 11.1 Å². The van der Waals surface area contributed by atoms with E-state index in [0.717, 1.165) is 22.3 Å². The summed E-state index contributed by atoms with van der Waals surface area (Å²) >= 11 is 0. The number of carbonyl (C=O) groups excluding carboxylic acids is 1. The van der Waals surface area contributed by atoms with Crippen molar-refractivity contribution in [1.82, 2.24) is 0 Å². The largest absolute Gasteiger partial charge is 0.411 e. The van der Waals surface area contributed by atoms with Crippen molar-refractivity contribution in [3.8, 4) is 22.3 Å². The van der Waals surface area contributed by atoms with Crippen molar-refractivity contribution in [3.63, 3.8) is 0 Å². The van der Waals surface area contributed by atoms with Gasteiger partial charge < -0.3 is 4.43 Å². The van der Waals surface area contributed by atoms with Crippen molar-refractivity contribution in [1.29, 1.82) is 0 Å². The average molecular weight is 315 g/mol. The summed E-state index contributed by atoms with van der Waals surface area (Å²) in [5.74, 6) is -0.0587. The molecule has 3 aromatic rings. The van der Waals surface area contributed by atoms with Gasteiger partial charge in [0.05, 0.1) is 6.61 Å². The molecule has 0 aromatic heterocycles. The summed E-state index contributed by atoms with van der Waals surface area (Å²) in [6, 6.07) is 25.9. The van der Waals surface area contributed by atoms with E-state index in [2.05, 4.69) is 22.6 Å². The van der Waals surface area contributed by atoms with Crippen LogP contribution in [-0.4, -0.2) is 22.9 Å². The van der Waals surface area contributed by atoms with Gasteiger partial charge in [-0.3, -0.25) is 4.79 Å². The predicted molar refractivity (Wildman–Crippen MR) is 93.4 cm³/mol. The average Bonchev–Trinajstić information content (AvgIpc) is 2.63. The Hall–Kier alpha value is -2.49. The van der Waals surface area contributed by atoms with Crippen LogP contribution < -0.4 is 0 Å². The van der Waals surface area contributed by atoms with Gasteiger partial charge in [0.25, 0.3) is 0 Å². The molecule has 0 aliphatic carbocycles. The maximum atomic E-state index is 12.5. The van der Waals surface area contributed by atoms with Crippen LogP contribution in [0.5, 0.6) is 0 Å². The van der Waals surface area contributed by atoms with Crippen LogP contribution >= 0.6 is 0 Å². The zero-order valence-corrected chi connectivity index (χ0v) is 13.5. The van der Waals surface area contributed by atoms with Crippen LogP contribution in [0, 0.1) is 0 Å². The molecule has 3 heteroatoms. The van der Waals surface area contributed by atoms with Crippen LogP contribution in [0.25, 0.3) is 22.3 Å². The van der Waals surface area contributed by atoms with Gasteiger partial charge in [-0.2, -0.15) is 0 Å². The van der Waals surface area contributed by atoms with Gasteiger partial charge in [-0.1, -0.05) is 78.9 Å². The van der Waals surface area contributed by atoms with E-state index >= 15 is 0 Å². The molecule has 3 radical (unpaired) electrons. The van der Waals surface area contributed by atoms with E-state index in [1.807, 2.05) is 66.7 Å². The fourth-order valence-electron chi connectivity index (χ4n) is 2.70. The predicted octanol–water partition coefficient (Wildman–Crippen LogP) is 4.30. The van der Waals surface area contributed by atoms with Crippen molar-refractivity contribution < 1.29 is 9.22 Å². The minimum Gasteiger partial charge on any atom is -0.411 e. The van der Waals surface area contributed by atoms with Gasteiger partial charge in [-0.25, -0.2) is 0 Å². The minimum atomic E-state index is -0.0587. The zero-order valence-electron chi connectivity index (χ0n) is 12.5. The van der Waals surface area contributed by atoms with E-state index in [1.54, 1.807) is 0 Å². The highest BCUT2D eigenvalue weighted by atomic mass is 28.2. The van der Waals surface area contributed by atoms with Crippen LogP contribution in [0.3, 0.4) is 0 Å². The number of benzene rings is 3. The number of carbonyl (C=O) groups is 1. The standard InChI is InChI=1S/C20H15O2Si/c21-19(14-22-23)18-13-7-12-17(15-8-3-1-4-9-15)20(18)16-10-5-2-6-11-16/h1-13H,14H2. The van der Waals surface area contributed by atoms with Gasteiger partial charge in [0.2, 0.25) is 10.5 Å². The Labute approximate surface area is 139 Å². The van der Waals surface area contributed by atoms with E-state index in [9.17, 15) is 4.79 Å². The van der Waals surface area contributed by atoms with Crippen molar-refractivity contribution in [2.45, 2.75) is 0 Å². The molecule has 0 saturated carbocycles. The Kier molecular flexibility index (Phi) is 4.81. The molecule has 2 nitrogen and oxygen atoms in total. The minimum absolute atomic E-state index is 0.00499. The lowest BCUT2D eigenvalue weighted by Crippen LogP contribution is -2.09. The summed E-state index contributed by atoms with van der Waals surface area (Å²) in [4.78, 5) is 12.5. The smallest absolute Gasteiger partial charge is 0.246 e. The molecule has 0 aliphatic rings.